The Morgan fingerprint density at radius 3 is 1.90 bits per heavy atom. The number of carboxylic acids is 1. The molecule has 7 aromatic carbocycles. The van der Waals surface area contributed by atoms with Crippen LogP contribution in [0.1, 0.15) is 131 Å². The molecular formula is C86H98Cl2N10O26. The van der Waals surface area contributed by atoms with Crippen LogP contribution >= 0.6 is 23.2 Å². The van der Waals surface area contributed by atoms with Gasteiger partial charge < -0.3 is 143 Å². The van der Waals surface area contributed by atoms with Gasteiger partial charge >= 0.3 is 5.97 Å². The fourth-order valence-electron chi connectivity index (χ4n) is 16.1. The van der Waals surface area contributed by atoms with Crippen molar-refractivity contribution in [3.63, 3.8) is 0 Å². The lowest BCUT2D eigenvalue weighted by Crippen LogP contribution is -2.65. The number of nitrogens with two attached hydrogens (primary N) is 2. The van der Waals surface area contributed by atoms with Gasteiger partial charge in [-0.15, -0.1) is 0 Å². The average molecular weight is 1760 g/mol. The van der Waals surface area contributed by atoms with Crippen LogP contribution in [0.2, 0.25) is 10.0 Å². The molecule has 36 nitrogen and oxygen atoms in total. The molecule has 0 radical (unpaired) electrons. The monoisotopic (exact) mass is 1760 g/mol. The summed E-state index contributed by atoms with van der Waals surface area (Å²) in [5.41, 5.74) is 9.90. The van der Waals surface area contributed by atoms with Crippen LogP contribution in [0.3, 0.4) is 0 Å². The SMILES string of the molecule is CN[C@H](CC(C)C)C(=O)N[C@H]1C(=O)N[C@@H](CC(N)=O)C(=O)N[C@H]2C(=O)N[C@H]3C(=O)N[C@H](C(=O)N[C@H](C(=O)O)c4cc(O)cc(O)c4-c4cc3ccc4O)[C@H](O[C@H]3C[C@](C)(N)[C@@H](O)[C@H](C)O3)c3ccc(cc3)Oc3cc2cc(c3O[C@@H]2O[C@H](CO)[C@@H](O)[C@H](O)[C@H]2O[C@H]2C[C@](C)(NCc3ccc(-c4ccc(Cl)cc4)cc3)[C@@H](O)[C@H](C)O2)Oc2ccc(cc2Cl)[C@H]1O. The summed E-state index contributed by atoms with van der Waals surface area (Å²) in [4.78, 5) is 121. The van der Waals surface area contributed by atoms with Gasteiger partial charge in [0.05, 0.1) is 48.5 Å². The Balaban J connectivity index is 1.01. The number of hydrogen-bond donors (Lipinski definition) is 20. The van der Waals surface area contributed by atoms with Gasteiger partial charge in [-0.1, -0.05) is 97.7 Å². The van der Waals surface area contributed by atoms with Crippen molar-refractivity contribution in [2.24, 2.45) is 17.4 Å². The second-order valence-corrected chi connectivity index (χ2v) is 33.4. The molecule has 124 heavy (non-hydrogen) atoms. The molecule has 11 bridgehead atoms. The summed E-state index contributed by atoms with van der Waals surface area (Å²) in [6.45, 7) is 9.15. The van der Waals surface area contributed by atoms with Gasteiger partial charge in [-0.2, -0.15) is 0 Å². The summed E-state index contributed by atoms with van der Waals surface area (Å²) in [6.07, 6.45) is -22.5. The normalized spacial score (nSPS) is 29.9. The molecule has 3 saturated heterocycles. The van der Waals surface area contributed by atoms with Crippen LogP contribution in [0, 0.1) is 5.92 Å². The van der Waals surface area contributed by atoms with E-state index in [9.17, 15) is 65.4 Å². The van der Waals surface area contributed by atoms with Crippen molar-refractivity contribution in [2.75, 3.05) is 13.7 Å². The zero-order chi connectivity index (χ0) is 89.4. The van der Waals surface area contributed by atoms with Crippen LogP contribution in [0.25, 0.3) is 22.3 Å². The van der Waals surface area contributed by atoms with E-state index in [0.29, 0.717) is 5.02 Å². The average Bonchev–Trinajstić information content (AvgIpc) is 0.825. The number of carbonyl (C=O) groups excluding carboxylic acids is 7. The number of phenols is 3. The number of benzene rings is 7. The molecule has 22 N–H and O–H groups in total. The minimum absolute atomic E-state index is 0.0451. The number of carbonyl (C=O) groups is 8. The van der Waals surface area contributed by atoms with Gasteiger partial charge in [0.2, 0.25) is 53.4 Å². The van der Waals surface area contributed by atoms with Gasteiger partial charge in [-0.3, -0.25) is 33.6 Å². The van der Waals surface area contributed by atoms with Gasteiger partial charge in [-0.05, 0) is 153 Å². The molecular weight excluding hydrogens is 1660 g/mol. The third kappa shape index (κ3) is 19.8. The number of likely N-dealkylation sites (N-methyl/N-ethyl adjacent to an activating group) is 1. The molecule has 0 spiro atoms. The molecule has 0 saturated carbocycles. The number of aromatic hydroxyl groups is 3. The number of aliphatic hydroxyl groups excluding tert-OH is 6. The Hall–Kier alpha value is -10.9. The van der Waals surface area contributed by atoms with Crippen LogP contribution < -0.4 is 68.2 Å². The number of rotatable bonds is 19. The largest absolute Gasteiger partial charge is 0.508 e. The quantitative estimate of drug-likeness (QED) is 0.0547. The zero-order valence-corrected chi connectivity index (χ0v) is 69.5. The second-order valence-electron chi connectivity index (χ2n) is 32.6. The molecule has 7 aromatic rings. The first-order valence-corrected chi connectivity index (χ1v) is 40.7. The smallest absolute Gasteiger partial charge is 0.330 e. The minimum Gasteiger partial charge on any atom is -0.508 e. The van der Waals surface area contributed by atoms with Gasteiger partial charge in [0, 0.05) is 58.2 Å². The third-order valence-corrected chi connectivity index (χ3v) is 23.4. The van der Waals surface area contributed by atoms with E-state index in [1.165, 1.54) is 57.3 Å². The molecule has 0 unspecified atom stereocenters. The van der Waals surface area contributed by atoms with E-state index in [4.69, 9.17) is 72.6 Å². The Morgan fingerprint density at radius 2 is 1.27 bits per heavy atom. The zero-order valence-electron chi connectivity index (χ0n) is 68.0. The Morgan fingerprint density at radius 1 is 0.645 bits per heavy atom. The van der Waals surface area contributed by atoms with E-state index >= 15 is 24.0 Å². The molecule has 38 heteroatoms. The van der Waals surface area contributed by atoms with Crippen LogP contribution in [0.5, 0.6) is 46.0 Å². The number of amides is 7. The first kappa shape index (κ1) is 90.8. The Kier molecular flexibility index (Phi) is 27.5. The summed E-state index contributed by atoms with van der Waals surface area (Å²) in [6, 6.07) is 16.5. The molecule has 7 amide bonds. The molecule has 662 valence electrons. The van der Waals surface area contributed by atoms with Crippen LogP contribution in [0.15, 0.2) is 133 Å². The lowest BCUT2D eigenvalue weighted by Gasteiger charge is -2.48. The highest BCUT2D eigenvalue weighted by Gasteiger charge is 2.53. The maximum absolute atomic E-state index is 16.5. The maximum atomic E-state index is 16.5. The number of halogens is 2. The van der Waals surface area contributed by atoms with Crippen molar-refractivity contribution >= 4 is 70.5 Å². The van der Waals surface area contributed by atoms with Crippen molar-refractivity contribution in [3.8, 4) is 68.2 Å². The van der Waals surface area contributed by atoms with Crippen LogP contribution in [-0.4, -0.2) is 215 Å². The number of ether oxygens (including phenoxy) is 8. The van der Waals surface area contributed by atoms with Crippen molar-refractivity contribution < 1.29 is 127 Å². The number of aliphatic carboxylic acids is 1. The summed E-state index contributed by atoms with van der Waals surface area (Å²) in [5.74, 6) is -15.5. The molecule has 3 fully saturated rings. The molecule has 0 aromatic heterocycles. The molecule has 22 atom stereocenters. The van der Waals surface area contributed by atoms with Crippen molar-refractivity contribution in [1.29, 1.82) is 0 Å². The number of aliphatic hydroxyl groups is 6. The van der Waals surface area contributed by atoms with Crippen LogP contribution in [0.4, 0.5) is 0 Å². The summed E-state index contributed by atoms with van der Waals surface area (Å²) in [7, 11) is 1.48. The van der Waals surface area contributed by atoms with E-state index in [1.807, 2.05) is 50.2 Å². The first-order valence-electron chi connectivity index (χ1n) is 40.0. The highest BCUT2D eigenvalue weighted by atomic mass is 35.5. The Bertz CT molecular complexity index is 5170. The van der Waals surface area contributed by atoms with Crippen molar-refractivity contribution in [3.05, 3.63) is 177 Å². The number of carboxylic acid groups (broad SMARTS) is 1. The van der Waals surface area contributed by atoms with E-state index in [2.05, 4.69) is 42.5 Å². The number of nitrogens with one attached hydrogen (secondary N) is 8. The number of primary amides is 1. The molecule has 8 aliphatic heterocycles. The second kappa shape index (κ2) is 37.5. The lowest BCUT2D eigenvalue weighted by molar-refractivity contribution is -0.334. The van der Waals surface area contributed by atoms with Crippen molar-refractivity contribution in [2.45, 2.75) is 207 Å². The Labute approximate surface area is 720 Å². The van der Waals surface area contributed by atoms with E-state index in [1.54, 1.807) is 26.0 Å². The molecule has 0 aliphatic carbocycles. The van der Waals surface area contributed by atoms with Crippen LogP contribution in [-0.2, 0) is 68.6 Å². The lowest BCUT2D eigenvalue weighted by atomic mass is 9.84. The van der Waals surface area contributed by atoms with Gasteiger partial charge in [0.15, 0.2) is 36.2 Å². The summed E-state index contributed by atoms with van der Waals surface area (Å²) < 4.78 is 52.9. The van der Waals surface area contributed by atoms with Gasteiger partial charge in [0.1, 0.15) is 89.5 Å². The topological polar surface area (TPSA) is 561 Å². The third-order valence-electron chi connectivity index (χ3n) is 22.9. The number of fused-ring (bicyclic) bond motifs is 15. The standard InChI is InChI=1S/C86H98Cl2N10O26/c1-36(2)24-52(91-7)77(109)97-67-69(104)44-17-23-56(51(88)26-44)120-58-28-45-27-57(73(58)124-84-74(71(106)70(105)59(35-99)121-84)123-62-33-86(6,76(108)38(4)118-62)92-34-39-8-10-40(11-9-39)41-12-18-46(87)19-13-41)119-48-20-14-42(15-21-48)72(122-61-32-85(5,90)75(107)37(3)117-61)68-82(114)96-66(83(115)116)50-29-47(100)30-55(102)63(50)49-25-43(16-22-54(49)101)64(79(111)98-68)95-80(112)65(45)94-78(110)53(31-60(89)103)93-81(67)113/h8-23,25-30,36-38,52-53,59,61-62,64-72,74-76,84,91-92,99-102,104-108H,24,31-35,90H2,1-7H3,(H2,89,103)(H,93,113)(H,94,110)(H,95,112)(H,96,114)(H,97,109)(H,98,111)(H,115,116)/t37-,38-,52+,53-,59+,61-,62-,64+,65+,66-,67+,68-,69+,70+,71-,72+,74+,75-,76-,84-,85-,86-/m0/s1. The first-order chi connectivity index (χ1) is 58.8. The summed E-state index contributed by atoms with van der Waals surface area (Å²) >= 11 is 13.4. The minimum atomic E-state index is -2.36. The van der Waals surface area contributed by atoms with E-state index in [-0.39, 0.29) is 64.9 Å². The highest BCUT2D eigenvalue weighted by Crippen LogP contribution is 2.50. The summed E-state index contributed by atoms with van der Waals surface area (Å²) in [5, 5.41) is 138. The number of hydrogen-bond acceptors (Lipinski definition) is 28. The maximum Gasteiger partial charge on any atom is 0.330 e. The number of phenolic OH excluding ortho intramolecular Hbond substituents is 3. The predicted octanol–water partition coefficient (Wildman–Crippen LogP) is 3.84. The highest BCUT2D eigenvalue weighted by molar-refractivity contribution is 6.32. The van der Waals surface area contributed by atoms with Gasteiger partial charge in [-0.25, -0.2) is 4.79 Å². The van der Waals surface area contributed by atoms with Crippen molar-refractivity contribution in [1.82, 2.24) is 42.5 Å². The fraction of sp³-hybridized carbons (Fsp3) is 0.419. The molecule has 8 aliphatic rings. The molecule has 8 heterocycles. The van der Waals surface area contributed by atoms with E-state index < -0.39 is 250 Å². The molecule has 15 rings (SSSR count). The predicted molar refractivity (Wildman–Crippen MR) is 440 cm³/mol. The van der Waals surface area contributed by atoms with Gasteiger partial charge in [0.25, 0.3) is 0 Å². The fourth-order valence-corrected chi connectivity index (χ4v) is 16.5. The van der Waals surface area contributed by atoms with E-state index in [0.717, 1.165) is 65.2 Å².